The molecule has 0 heterocycles. The molecule has 66 valence electrons. The van der Waals surface area contributed by atoms with E-state index in [4.69, 9.17) is 5.11 Å². The van der Waals surface area contributed by atoms with E-state index >= 15 is 0 Å². The van der Waals surface area contributed by atoms with Crippen LogP contribution >= 0.6 is 0 Å². The number of hydrogen-bond acceptors (Lipinski definition) is 1. The fourth-order valence-electron chi connectivity index (χ4n) is 0.834. The van der Waals surface area contributed by atoms with Gasteiger partial charge in [0.2, 0.25) is 0 Å². The Morgan fingerprint density at radius 3 is 2.62 bits per heavy atom. The Balaban J connectivity index is 2.59. The van der Waals surface area contributed by atoms with Crippen LogP contribution in [0.5, 0.6) is 0 Å². The van der Waals surface area contributed by atoms with Crippen LogP contribution in [-0.4, -0.2) is 11.2 Å². The molecule has 1 nitrogen and oxygen atoms in total. The fourth-order valence-corrected chi connectivity index (χ4v) is 0.834. The summed E-state index contributed by atoms with van der Waals surface area (Å²) in [4.78, 5) is 0. The molecule has 0 saturated heterocycles. The van der Waals surface area contributed by atoms with Gasteiger partial charge in [0.15, 0.2) is 0 Å². The molecule has 1 aromatic rings. The Morgan fingerprint density at radius 1 is 1.31 bits per heavy atom. The van der Waals surface area contributed by atoms with E-state index in [1.807, 2.05) is 30.3 Å². The lowest BCUT2D eigenvalue weighted by Gasteiger charge is -1.88. The standard InChI is InChI=1S/C12H12O/c1-11(13)7-5-6-10-12-8-3-2-4-9-12/h2-5,7-9,11,13H,1H3/b7-5+/t11-/m0/s1. The van der Waals surface area contributed by atoms with Crippen LogP contribution in [0.25, 0.3) is 0 Å². The van der Waals surface area contributed by atoms with Gasteiger partial charge in [-0.2, -0.15) is 0 Å². The summed E-state index contributed by atoms with van der Waals surface area (Å²) in [6, 6.07) is 9.74. The molecule has 13 heavy (non-hydrogen) atoms. The first kappa shape index (κ1) is 9.57. The summed E-state index contributed by atoms with van der Waals surface area (Å²) < 4.78 is 0. The van der Waals surface area contributed by atoms with Crippen molar-refractivity contribution in [3.63, 3.8) is 0 Å². The lowest BCUT2D eigenvalue weighted by Crippen LogP contribution is -1.90. The Hall–Kier alpha value is -1.52. The van der Waals surface area contributed by atoms with Gasteiger partial charge in [-0.25, -0.2) is 0 Å². The van der Waals surface area contributed by atoms with E-state index in [9.17, 15) is 0 Å². The van der Waals surface area contributed by atoms with Gasteiger partial charge in [0.25, 0.3) is 0 Å². The molecule has 0 aliphatic rings. The Kier molecular flexibility index (Phi) is 3.81. The number of hydrogen-bond donors (Lipinski definition) is 1. The predicted molar refractivity (Wildman–Crippen MR) is 54.1 cm³/mol. The summed E-state index contributed by atoms with van der Waals surface area (Å²) in [6.07, 6.45) is 2.89. The van der Waals surface area contributed by atoms with E-state index in [1.54, 1.807) is 19.1 Å². The van der Waals surface area contributed by atoms with E-state index < -0.39 is 6.10 Å². The van der Waals surface area contributed by atoms with Crippen LogP contribution in [0.2, 0.25) is 0 Å². The first-order chi connectivity index (χ1) is 6.29. The summed E-state index contributed by atoms with van der Waals surface area (Å²) in [5, 5.41) is 8.89. The second-order valence-electron chi connectivity index (χ2n) is 2.74. The summed E-state index contributed by atoms with van der Waals surface area (Å²) in [6.45, 7) is 1.70. The van der Waals surface area contributed by atoms with Crippen LogP contribution in [-0.2, 0) is 0 Å². The molecule has 0 amide bonds. The molecular formula is C12H12O. The molecule has 1 aromatic carbocycles. The van der Waals surface area contributed by atoms with Gasteiger partial charge in [0.05, 0.1) is 6.10 Å². The second kappa shape index (κ2) is 5.18. The van der Waals surface area contributed by atoms with Gasteiger partial charge >= 0.3 is 0 Å². The van der Waals surface area contributed by atoms with Crippen LogP contribution in [0.15, 0.2) is 42.5 Å². The molecule has 0 aliphatic carbocycles. The maximum Gasteiger partial charge on any atom is 0.0701 e. The average Bonchev–Trinajstić information content (AvgIpc) is 2.14. The van der Waals surface area contributed by atoms with Crippen molar-refractivity contribution < 1.29 is 5.11 Å². The number of benzene rings is 1. The van der Waals surface area contributed by atoms with E-state index in [1.165, 1.54) is 0 Å². The minimum absolute atomic E-state index is 0.426. The summed E-state index contributed by atoms with van der Waals surface area (Å²) >= 11 is 0. The molecule has 1 N–H and O–H groups in total. The van der Waals surface area contributed by atoms with Crippen molar-refractivity contribution in [1.82, 2.24) is 0 Å². The first-order valence-corrected chi connectivity index (χ1v) is 4.20. The third kappa shape index (κ3) is 4.15. The van der Waals surface area contributed by atoms with Crippen LogP contribution in [0.3, 0.4) is 0 Å². The van der Waals surface area contributed by atoms with E-state index in [0.29, 0.717) is 0 Å². The van der Waals surface area contributed by atoms with Gasteiger partial charge in [-0.15, -0.1) is 0 Å². The van der Waals surface area contributed by atoms with Gasteiger partial charge < -0.3 is 5.11 Å². The average molecular weight is 172 g/mol. The van der Waals surface area contributed by atoms with Crippen molar-refractivity contribution in [1.29, 1.82) is 0 Å². The fraction of sp³-hybridized carbons (Fsp3) is 0.167. The molecule has 0 fully saturated rings. The quantitative estimate of drug-likeness (QED) is 0.642. The molecule has 1 rings (SSSR count). The smallest absolute Gasteiger partial charge is 0.0701 e. The number of aliphatic hydroxyl groups is 1. The van der Waals surface area contributed by atoms with Crippen molar-refractivity contribution in [2.75, 3.05) is 0 Å². The number of allylic oxidation sites excluding steroid dienone is 1. The molecule has 0 spiro atoms. The Labute approximate surface area is 78.7 Å². The molecule has 0 aliphatic heterocycles. The Bertz CT molecular complexity index is 325. The molecule has 1 atom stereocenters. The first-order valence-electron chi connectivity index (χ1n) is 4.20. The third-order valence-electron chi connectivity index (χ3n) is 1.45. The highest BCUT2D eigenvalue weighted by Gasteiger charge is 1.81. The second-order valence-corrected chi connectivity index (χ2v) is 2.74. The third-order valence-corrected chi connectivity index (χ3v) is 1.45. The molecule has 0 aromatic heterocycles. The van der Waals surface area contributed by atoms with Crippen molar-refractivity contribution in [2.45, 2.75) is 13.0 Å². The lowest BCUT2D eigenvalue weighted by atomic mass is 10.2. The number of rotatable bonds is 1. The minimum atomic E-state index is -0.426. The van der Waals surface area contributed by atoms with Crippen LogP contribution in [0.1, 0.15) is 12.5 Å². The van der Waals surface area contributed by atoms with E-state index in [-0.39, 0.29) is 0 Å². The van der Waals surface area contributed by atoms with Crippen LogP contribution < -0.4 is 0 Å². The van der Waals surface area contributed by atoms with Crippen molar-refractivity contribution >= 4 is 0 Å². The number of aliphatic hydroxyl groups excluding tert-OH is 1. The van der Waals surface area contributed by atoms with Crippen LogP contribution in [0, 0.1) is 11.8 Å². The van der Waals surface area contributed by atoms with E-state index in [2.05, 4.69) is 11.8 Å². The summed E-state index contributed by atoms with van der Waals surface area (Å²) in [5.74, 6) is 5.79. The monoisotopic (exact) mass is 172 g/mol. The van der Waals surface area contributed by atoms with Gasteiger partial charge in [-0.1, -0.05) is 30.0 Å². The summed E-state index contributed by atoms with van der Waals surface area (Å²) in [7, 11) is 0. The largest absolute Gasteiger partial charge is 0.389 e. The summed E-state index contributed by atoms with van der Waals surface area (Å²) in [5.41, 5.74) is 0.984. The van der Waals surface area contributed by atoms with Gasteiger partial charge in [0.1, 0.15) is 0 Å². The normalized spacial score (nSPS) is 12.2. The molecule has 1 heteroatoms. The van der Waals surface area contributed by atoms with Gasteiger partial charge in [0, 0.05) is 5.56 Å². The molecular weight excluding hydrogens is 160 g/mol. The van der Waals surface area contributed by atoms with Crippen molar-refractivity contribution in [2.24, 2.45) is 0 Å². The molecule has 0 saturated carbocycles. The van der Waals surface area contributed by atoms with Crippen LogP contribution in [0.4, 0.5) is 0 Å². The molecule has 0 bridgehead atoms. The van der Waals surface area contributed by atoms with E-state index in [0.717, 1.165) is 5.56 Å². The molecule has 0 radical (unpaired) electrons. The minimum Gasteiger partial charge on any atom is -0.389 e. The highest BCUT2D eigenvalue weighted by atomic mass is 16.3. The van der Waals surface area contributed by atoms with Gasteiger partial charge in [-0.05, 0) is 31.2 Å². The highest BCUT2D eigenvalue weighted by molar-refractivity contribution is 5.36. The topological polar surface area (TPSA) is 20.2 Å². The zero-order chi connectivity index (χ0) is 9.52. The maximum absolute atomic E-state index is 8.89. The lowest BCUT2D eigenvalue weighted by molar-refractivity contribution is 0.244. The Morgan fingerprint density at radius 2 is 2.00 bits per heavy atom. The highest BCUT2D eigenvalue weighted by Crippen LogP contribution is 1.94. The zero-order valence-electron chi connectivity index (χ0n) is 7.57. The molecule has 0 unspecified atom stereocenters. The maximum atomic E-state index is 8.89. The van der Waals surface area contributed by atoms with Gasteiger partial charge in [-0.3, -0.25) is 0 Å². The van der Waals surface area contributed by atoms with Crippen molar-refractivity contribution in [3.05, 3.63) is 48.0 Å². The zero-order valence-corrected chi connectivity index (χ0v) is 7.57. The van der Waals surface area contributed by atoms with Crippen molar-refractivity contribution in [3.8, 4) is 11.8 Å². The predicted octanol–water partition coefficient (Wildman–Crippen LogP) is 1.98. The SMILES string of the molecule is C[C@H](O)/C=C/C#Cc1ccccc1.